The molecule has 0 saturated carbocycles. The predicted octanol–water partition coefficient (Wildman–Crippen LogP) is 4.83. The highest BCUT2D eigenvalue weighted by molar-refractivity contribution is 6.30. The van der Waals surface area contributed by atoms with Crippen molar-refractivity contribution >= 4 is 23.4 Å². The molecule has 0 spiro atoms. The van der Waals surface area contributed by atoms with E-state index in [2.05, 4.69) is 5.32 Å². The van der Waals surface area contributed by atoms with Crippen LogP contribution in [0, 0.1) is 0 Å². The first-order valence-corrected chi connectivity index (χ1v) is 10.9. The minimum absolute atomic E-state index is 0.0444. The van der Waals surface area contributed by atoms with Gasteiger partial charge in [-0.1, -0.05) is 55.8 Å². The summed E-state index contributed by atoms with van der Waals surface area (Å²) in [6, 6.07) is 16.4. The number of hydrogen-bond acceptors (Lipinski definition) is 3. The molecule has 6 heteroatoms. The lowest BCUT2D eigenvalue weighted by Gasteiger charge is -2.30. The normalized spacial score (nSPS) is 11.6. The monoisotopic (exact) mass is 430 g/mol. The summed E-state index contributed by atoms with van der Waals surface area (Å²) in [5.41, 5.74) is 1.00. The second kappa shape index (κ2) is 12.9. The second-order valence-electron chi connectivity index (χ2n) is 7.13. The Labute approximate surface area is 184 Å². The highest BCUT2D eigenvalue weighted by Crippen LogP contribution is 2.17. The summed E-state index contributed by atoms with van der Waals surface area (Å²) >= 11 is 5.88. The van der Waals surface area contributed by atoms with E-state index in [-0.39, 0.29) is 11.8 Å². The quantitative estimate of drug-likeness (QED) is 0.490. The first-order chi connectivity index (χ1) is 14.5. The van der Waals surface area contributed by atoms with Gasteiger partial charge < -0.3 is 15.0 Å². The molecule has 0 aliphatic rings. The Morgan fingerprint density at radius 2 is 1.77 bits per heavy atom. The number of carbonyl (C=O) groups is 2. The number of carbonyl (C=O) groups excluding carboxylic acids is 2. The molecule has 2 aromatic rings. The van der Waals surface area contributed by atoms with Crippen LogP contribution in [0.3, 0.4) is 0 Å². The molecule has 2 rings (SSSR count). The number of ether oxygens (including phenoxy) is 1. The van der Waals surface area contributed by atoms with E-state index in [1.807, 2.05) is 44.2 Å². The molecule has 5 nitrogen and oxygen atoms in total. The fourth-order valence-corrected chi connectivity index (χ4v) is 3.28. The molecule has 162 valence electrons. The van der Waals surface area contributed by atoms with Gasteiger partial charge >= 0.3 is 0 Å². The van der Waals surface area contributed by atoms with Crippen molar-refractivity contribution in [2.24, 2.45) is 0 Å². The van der Waals surface area contributed by atoms with Crippen molar-refractivity contribution in [3.8, 4) is 5.75 Å². The number of nitrogens with one attached hydrogen (secondary N) is 1. The highest BCUT2D eigenvalue weighted by Gasteiger charge is 2.28. The Balaban J connectivity index is 1.99. The first kappa shape index (κ1) is 23.7. The minimum Gasteiger partial charge on any atom is -0.494 e. The summed E-state index contributed by atoms with van der Waals surface area (Å²) in [4.78, 5) is 27.4. The number of rotatable bonds is 12. The minimum atomic E-state index is -0.485. The first-order valence-electron chi connectivity index (χ1n) is 10.5. The molecule has 0 aromatic heterocycles. The summed E-state index contributed by atoms with van der Waals surface area (Å²) in [7, 11) is 0. The molecular formula is C24H31ClN2O3. The van der Waals surface area contributed by atoms with Crippen molar-refractivity contribution in [2.45, 2.75) is 52.1 Å². The molecule has 2 aromatic carbocycles. The smallest absolute Gasteiger partial charge is 0.242 e. The van der Waals surface area contributed by atoms with E-state index in [1.54, 1.807) is 29.2 Å². The van der Waals surface area contributed by atoms with Gasteiger partial charge in [-0.2, -0.15) is 0 Å². The molecule has 1 N–H and O–H groups in total. The topological polar surface area (TPSA) is 58.6 Å². The van der Waals surface area contributed by atoms with Crippen LogP contribution in [0.5, 0.6) is 5.75 Å². The maximum absolute atomic E-state index is 13.1. The van der Waals surface area contributed by atoms with Crippen LogP contribution in [0.25, 0.3) is 0 Å². The van der Waals surface area contributed by atoms with Crippen molar-refractivity contribution in [1.29, 1.82) is 0 Å². The second-order valence-corrected chi connectivity index (χ2v) is 7.56. The van der Waals surface area contributed by atoms with Gasteiger partial charge in [-0.05, 0) is 49.1 Å². The zero-order chi connectivity index (χ0) is 21.8. The van der Waals surface area contributed by atoms with Crippen LogP contribution in [-0.2, 0) is 16.1 Å². The zero-order valence-corrected chi connectivity index (χ0v) is 18.5. The van der Waals surface area contributed by atoms with Crippen molar-refractivity contribution in [2.75, 3.05) is 13.2 Å². The van der Waals surface area contributed by atoms with E-state index in [1.165, 1.54) is 0 Å². The Hall–Kier alpha value is -2.53. The van der Waals surface area contributed by atoms with Gasteiger partial charge in [0.05, 0.1) is 6.61 Å². The highest BCUT2D eigenvalue weighted by atomic mass is 35.5. The standard InChI is InChI=1S/C24H31ClN2O3/c1-3-16-26-24(29)22(4-2)27(18-19-9-6-5-7-10-19)23(28)11-8-17-30-21-14-12-20(25)13-15-21/h5-7,9-10,12-15,22H,3-4,8,11,16-18H2,1-2H3,(H,26,29)/t22-/m1/s1. The third kappa shape index (κ3) is 7.71. The molecule has 2 amide bonds. The third-order valence-electron chi connectivity index (χ3n) is 4.75. The van der Waals surface area contributed by atoms with Gasteiger partial charge in [0, 0.05) is 24.5 Å². The van der Waals surface area contributed by atoms with Gasteiger partial charge in [0.1, 0.15) is 11.8 Å². The number of nitrogens with zero attached hydrogens (tertiary/aromatic N) is 1. The van der Waals surface area contributed by atoms with Gasteiger partial charge in [0.15, 0.2) is 0 Å². The van der Waals surface area contributed by atoms with Gasteiger partial charge in [0.25, 0.3) is 0 Å². The lowest BCUT2D eigenvalue weighted by Crippen LogP contribution is -2.49. The van der Waals surface area contributed by atoms with Crippen LogP contribution in [-0.4, -0.2) is 35.9 Å². The van der Waals surface area contributed by atoms with Gasteiger partial charge in [-0.25, -0.2) is 0 Å². The number of halogens is 1. The maximum Gasteiger partial charge on any atom is 0.242 e. The molecule has 0 unspecified atom stereocenters. The van der Waals surface area contributed by atoms with E-state index in [0.29, 0.717) is 44.0 Å². The van der Waals surface area contributed by atoms with Crippen LogP contribution >= 0.6 is 11.6 Å². The van der Waals surface area contributed by atoms with Crippen LogP contribution < -0.4 is 10.1 Å². The van der Waals surface area contributed by atoms with E-state index in [0.717, 1.165) is 17.7 Å². The van der Waals surface area contributed by atoms with Gasteiger partial charge in [0.2, 0.25) is 11.8 Å². The van der Waals surface area contributed by atoms with E-state index in [4.69, 9.17) is 16.3 Å². The molecule has 30 heavy (non-hydrogen) atoms. The van der Waals surface area contributed by atoms with Gasteiger partial charge in [-0.3, -0.25) is 9.59 Å². The Morgan fingerprint density at radius 3 is 2.40 bits per heavy atom. The number of benzene rings is 2. The van der Waals surface area contributed by atoms with Crippen molar-refractivity contribution in [3.63, 3.8) is 0 Å². The zero-order valence-electron chi connectivity index (χ0n) is 17.8. The molecular weight excluding hydrogens is 400 g/mol. The summed E-state index contributed by atoms with van der Waals surface area (Å²) in [6.07, 6.45) is 2.31. The van der Waals surface area contributed by atoms with Crippen molar-refractivity contribution < 1.29 is 14.3 Å². The predicted molar refractivity (Wildman–Crippen MR) is 121 cm³/mol. The van der Waals surface area contributed by atoms with Crippen LogP contribution in [0.2, 0.25) is 5.02 Å². The lowest BCUT2D eigenvalue weighted by atomic mass is 10.1. The van der Waals surface area contributed by atoms with Crippen molar-refractivity contribution in [1.82, 2.24) is 10.2 Å². The van der Waals surface area contributed by atoms with Crippen LogP contribution in [0.15, 0.2) is 54.6 Å². The molecule has 0 radical (unpaired) electrons. The van der Waals surface area contributed by atoms with Crippen LogP contribution in [0.1, 0.15) is 45.1 Å². The van der Waals surface area contributed by atoms with E-state index >= 15 is 0 Å². The van der Waals surface area contributed by atoms with E-state index < -0.39 is 6.04 Å². The maximum atomic E-state index is 13.1. The fraction of sp³-hybridized carbons (Fsp3) is 0.417. The molecule has 1 atom stereocenters. The van der Waals surface area contributed by atoms with Crippen LogP contribution in [0.4, 0.5) is 0 Å². The third-order valence-corrected chi connectivity index (χ3v) is 5.00. The SMILES string of the molecule is CCCNC(=O)[C@@H](CC)N(Cc1ccccc1)C(=O)CCCOc1ccc(Cl)cc1. The van der Waals surface area contributed by atoms with E-state index in [9.17, 15) is 9.59 Å². The van der Waals surface area contributed by atoms with Gasteiger partial charge in [-0.15, -0.1) is 0 Å². The largest absolute Gasteiger partial charge is 0.494 e. The molecule has 0 aliphatic heterocycles. The molecule has 0 heterocycles. The molecule has 0 aliphatic carbocycles. The molecule has 0 bridgehead atoms. The molecule has 0 saturated heterocycles. The average molecular weight is 431 g/mol. The summed E-state index contributed by atoms with van der Waals surface area (Å²) in [5.74, 6) is 0.580. The Kier molecular flexibility index (Phi) is 10.2. The number of amides is 2. The Bertz CT molecular complexity index is 781. The number of hydrogen-bond donors (Lipinski definition) is 1. The Morgan fingerprint density at radius 1 is 1.07 bits per heavy atom. The lowest BCUT2D eigenvalue weighted by molar-refractivity contribution is -0.141. The average Bonchev–Trinajstić information content (AvgIpc) is 2.76. The summed E-state index contributed by atoms with van der Waals surface area (Å²) < 4.78 is 5.69. The summed E-state index contributed by atoms with van der Waals surface area (Å²) in [5, 5.41) is 3.58. The fourth-order valence-electron chi connectivity index (χ4n) is 3.15. The molecule has 0 fully saturated rings. The van der Waals surface area contributed by atoms with Crippen molar-refractivity contribution in [3.05, 3.63) is 65.2 Å². The summed E-state index contributed by atoms with van der Waals surface area (Å²) in [6.45, 7) is 5.39.